The summed E-state index contributed by atoms with van der Waals surface area (Å²) in [7, 11) is 0. The molecule has 2 heterocycles. The zero-order valence-electron chi connectivity index (χ0n) is 12.8. The monoisotopic (exact) mass is 386 g/mol. The van der Waals surface area contributed by atoms with Gasteiger partial charge in [0.25, 0.3) is 5.91 Å². The number of hydrogen-bond donors (Lipinski definition) is 2. The minimum atomic E-state index is -0.333. The van der Waals surface area contributed by atoms with E-state index in [0.29, 0.717) is 16.4 Å². The summed E-state index contributed by atoms with van der Waals surface area (Å²) in [4.78, 5) is 18.8. The second-order valence-electron chi connectivity index (χ2n) is 5.19. The van der Waals surface area contributed by atoms with Crippen LogP contribution in [0.2, 0.25) is 10.0 Å². The van der Waals surface area contributed by atoms with Gasteiger partial charge in [0.2, 0.25) is 0 Å². The predicted molar refractivity (Wildman–Crippen MR) is 101 cm³/mol. The number of anilines is 2. The van der Waals surface area contributed by atoms with E-state index in [0.717, 1.165) is 31.9 Å². The highest BCUT2D eigenvalue weighted by molar-refractivity contribution is 6.44. The number of rotatable bonds is 3. The van der Waals surface area contributed by atoms with Gasteiger partial charge in [-0.2, -0.15) is 0 Å². The van der Waals surface area contributed by atoms with Gasteiger partial charge in [-0.3, -0.25) is 4.79 Å². The summed E-state index contributed by atoms with van der Waals surface area (Å²) >= 11 is 12.0. The van der Waals surface area contributed by atoms with Crippen LogP contribution in [-0.4, -0.2) is 37.1 Å². The Morgan fingerprint density at radius 3 is 2.58 bits per heavy atom. The molecule has 1 amide bonds. The minimum absolute atomic E-state index is 0. The first-order chi connectivity index (χ1) is 11.1. The van der Waals surface area contributed by atoms with Crippen LogP contribution in [0, 0.1) is 0 Å². The smallest absolute Gasteiger partial charge is 0.258 e. The van der Waals surface area contributed by atoms with Crippen molar-refractivity contribution in [1.29, 1.82) is 0 Å². The Morgan fingerprint density at radius 1 is 1.17 bits per heavy atom. The highest BCUT2D eigenvalue weighted by atomic mass is 35.5. The zero-order valence-corrected chi connectivity index (χ0v) is 15.1. The lowest BCUT2D eigenvalue weighted by Gasteiger charge is -2.29. The number of piperazine rings is 1. The van der Waals surface area contributed by atoms with Gasteiger partial charge >= 0.3 is 0 Å². The van der Waals surface area contributed by atoms with E-state index in [1.54, 1.807) is 30.5 Å². The number of nitrogens with one attached hydrogen (secondary N) is 2. The maximum Gasteiger partial charge on any atom is 0.258 e. The van der Waals surface area contributed by atoms with Gasteiger partial charge in [0.1, 0.15) is 5.82 Å². The third kappa shape index (κ3) is 4.30. The third-order valence-corrected chi connectivity index (χ3v) is 4.49. The zero-order chi connectivity index (χ0) is 16.2. The number of amides is 1. The molecule has 0 aliphatic carbocycles. The maximum atomic E-state index is 12.3. The summed E-state index contributed by atoms with van der Waals surface area (Å²) in [5, 5.41) is 6.63. The molecule has 0 bridgehead atoms. The lowest BCUT2D eigenvalue weighted by atomic mass is 10.2. The molecule has 0 atom stereocenters. The van der Waals surface area contributed by atoms with Gasteiger partial charge in [0.05, 0.1) is 27.5 Å². The van der Waals surface area contributed by atoms with Crippen LogP contribution < -0.4 is 15.5 Å². The first-order valence-corrected chi connectivity index (χ1v) is 8.08. The van der Waals surface area contributed by atoms with Crippen molar-refractivity contribution in [2.24, 2.45) is 0 Å². The Bertz CT molecular complexity index is 703. The van der Waals surface area contributed by atoms with Crippen LogP contribution in [0.4, 0.5) is 11.5 Å². The number of nitrogens with zero attached hydrogens (tertiary/aromatic N) is 2. The van der Waals surface area contributed by atoms with Crippen LogP contribution in [0.25, 0.3) is 0 Å². The van der Waals surface area contributed by atoms with E-state index in [9.17, 15) is 4.79 Å². The molecule has 3 rings (SSSR count). The van der Waals surface area contributed by atoms with E-state index in [1.807, 2.05) is 6.07 Å². The SMILES string of the molecule is Cl.O=C(Nc1ccc(N2CCNCC2)cn1)c1cccc(Cl)c1Cl. The van der Waals surface area contributed by atoms with Crippen LogP contribution in [0.5, 0.6) is 0 Å². The number of halogens is 3. The second kappa shape index (κ2) is 8.53. The first-order valence-electron chi connectivity index (χ1n) is 7.32. The molecule has 24 heavy (non-hydrogen) atoms. The standard InChI is InChI=1S/C16H16Cl2N4O.ClH/c17-13-3-1-2-12(15(13)18)16(23)21-14-5-4-11(10-20-14)22-8-6-19-7-9-22;/h1-5,10,19H,6-9H2,(H,20,21,23);1H. The van der Waals surface area contributed by atoms with Crippen LogP contribution in [0.15, 0.2) is 36.5 Å². The first kappa shape index (κ1) is 18.8. The Labute approximate surface area is 156 Å². The fourth-order valence-corrected chi connectivity index (χ4v) is 2.82. The van der Waals surface area contributed by atoms with E-state index in [2.05, 4.69) is 20.5 Å². The van der Waals surface area contributed by atoms with Gasteiger partial charge < -0.3 is 15.5 Å². The highest BCUT2D eigenvalue weighted by Crippen LogP contribution is 2.26. The van der Waals surface area contributed by atoms with Gasteiger partial charge in [0.15, 0.2) is 0 Å². The summed E-state index contributed by atoms with van der Waals surface area (Å²) < 4.78 is 0. The average Bonchev–Trinajstić information content (AvgIpc) is 2.59. The number of pyridine rings is 1. The van der Waals surface area contributed by atoms with Crippen molar-refractivity contribution in [1.82, 2.24) is 10.3 Å². The van der Waals surface area contributed by atoms with Crippen LogP contribution >= 0.6 is 35.6 Å². The van der Waals surface area contributed by atoms with Gasteiger partial charge in [-0.1, -0.05) is 29.3 Å². The highest BCUT2D eigenvalue weighted by Gasteiger charge is 2.14. The Morgan fingerprint density at radius 2 is 1.92 bits per heavy atom. The topological polar surface area (TPSA) is 57.3 Å². The summed E-state index contributed by atoms with van der Waals surface area (Å²) in [6, 6.07) is 8.69. The predicted octanol–water partition coefficient (Wildman–Crippen LogP) is 3.47. The Balaban J connectivity index is 0.00000208. The summed E-state index contributed by atoms with van der Waals surface area (Å²) in [6.07, 6.45) is 1.76. The molecule has 128 valence electrons. The molecule has 0 unspecified atom stereocenters. The number of carbonyl (C=O) groups excluding carboxylic acids is 1. The summed E-state index contributed by atoms with van der Waals surface area (Å²) in [6.45, 7) is 3.83. The molecule has 2 N–H and O–H groups in total. The van der Waals surface area contributed by atoms with Crippen molar-refractivity contribution >= 4 is 53.0 Å². The molecule has 1 saturated heterocycles. The molecule has 0 saturated carbocycles. The van der Waals surface area contributed by atoms with Gasteiger partial charge in [-0.05, 0) is 24.3 Å². The molecule has 1 fully saturated rings. The molecule has 1 aliphatic rings. The molecule has 8 heteroatoms. The number of hydrogen-bond acceptors (Lipinski definition) is 4. The lowest BCUT2D eigenvalue weighted by molar-refractivity contribution is 0.102. The molecular weight excluding hydrogens is 371 g/mol. The molecular formula is C16H17Cl3N4O. The molecule has 2 aromatic rings. The van der Waals surface area contributed by atoms with Crippen LogP contribution in [0.1, 0.15) is 10.4 Å². The Kier molecular flexibility index (Phi) is 6.69. The van der Waals surface area contributed by atoms with Crippen molar-refractivity contribution in [3.63, 3.8) is 0 Å². The van der Waals surface area contributed by atoms with E-state index in [-0.39, 0.29) is 23.3 Å². The third-order valence-electron chi connectivity index (χ3n) is 3.67. The van der Waals surface area contributed by atoms with E-state index in [4.69, 9.17) is 23.2 Å². The van der Waals surface area contributed by atoms with E-state index in [1.165, 1.54) is 0 Å². The quantitative estimate of drug-likeness (QED) is 0.846. The van der Waals surface area contributed by atoms with Gasteiger partial charge in [-0.15, -0.1) is 12.4 Å². The maximum absolute atomic E-state index is 12.3. The largest absolute Gasteiger partial charge is 0.368 e. The molecule has 0 radical (unpaired) electrons. The summed E-state index contributed by atoms with van der Waals surface area (Å²) in [5.74, 6) is 0.143. The number of benzene rings is 1. The van der Waals surface area contributed by atoms with Gasteiger partial charge in [-0.25, -0.2) is 4.98 Å². The van der Waals surface area contributed by atoms with Crippen molar-refractivity contribution < 1.29 is 4.79 Å². The molecule has 5 nitrogen and oxygen atoms in total. The van der Waals surface area contributed by atoms with Crippen LogP contribution in [-0.2, 0) is 0 Å². The van der Waals surface area contributed by atoms with E-state index >= 15 is 0 Å². The lowest BCUT2D eigenvalue weighted by Crippen LogP contribution is -2.43. The molecule has 1 aromatic carbocycles. The average molecular weight is 388 g/mol. The molecule has 0 spiro atoms. The van der Waals surface area contributed by atoms with Crippen molar-refractivity contribution in [2.45, 2.75) is 0 Å². The number of aromatic nitrogens is 1. The normalized spacial score (nSPS) is 14.0. The molecule has 1 aromatic heterocycles. The second-order valence-corrected chi connectivity index (χ2v) is 5.98. The fourth-order valence-electron chi connectivity index (χ4n) is 2.43. The van der Waals surface area contributed by atoms with Crippen molar-refractivity contribution in [3.8, 4) is 0 Å². The van der Waals surface area contributed by atoms with Gasteiger partial charge in [0, 0.05) is 26.2 Å². The number of carbonyl (C=O) groups is 1. The summed E-state index contributed by atoms with van der Waals surface area (Å²) in [5.41, 5.74) is 1.37. The van der Waals surface area contributed by atoms with E-state index < -0.39 is 0 Å². The van der Waals surface area contributed by atoms with Crippen molar-refractivity contribution in [3.05, 3.63) is 52.1 Å². The van der Waals surface area contributed by atoms with Crippen molar-refractivity contribution in [2.75, 3.05) is 36.4 Å². The van der Waals surface area contributed by atoms with Crippen LogP contribution in [0.3, 0.4) is 0 Å². The fraction of sp³-hybridized carbons (Fsp3) is 0.250. The molecule has 1 aliphatic heterocycles. The Hall–Kier alpha value is -1.53. The minimum Gasteiger partial charge on any atom is -0.368 e.